The van der Waals surface area contributed by atoms with E-state index in [-0.39, 0.29) is 23.0 Å². The van der Waals surface area contributed by atoms with E-state index in [2.05, 4.69) is 10.6 Å². The van der Waals surface area contributed by atoms with Crippen LogP contribution >= 0.6 is 11.6 Å². The maximum Gasteiger partial charge on any atom is 0.335 e. The number of aromatic carboxylic acids is 1. The van der Waals surface area contributed by atoms with Gasteiger partial charge in [-0.15, -0.1) is 0 Å². The molecule has 0 radical (unpaired) electrons. The number of hydrogen-bond acceptors (Lipinski definition) is 4. The van der Waals surface area contributed by atoms with Crippen molar-refractivity contribution in [3.05, 3.63) is 28.8 Å². The number of methoxy groups -OCH3 is 1. The summed E-state index contributed by atoms with van der Waals surface area (Å²) in [5, 5.41) is 14.6. The fraction of sp³-hybridized carbons (Fsp3) is 0.333. The number of amides is 1. The molecule has 0 aliphatic carbocycles. The van der Waals surface area contributed by atoms with E-state index >= 15 is 0 Å². The maximum atomic E-state index is 11.6. The number of carbonyl (C=O) groups is 2. The van der Waals surface area contributed by atoms with Crippen LogP contribution < -0.4 is 10.6 Å². The summed E-state index contributed by atoms with van der Waals surface area (Å²) in [6.07, 6.45) is 0. The molecule has 0 aliphatic heterocycles. The van der Waals surface area contributed by atoms with E-state index in [4.69, 9.17) is 21.4 Å². The molecule has 0 spiro atoms. The molecule has 0 atom stereocenters. The Balaban J connectivity index is 2.56. The lowest BCUT2D eigenvalue weighted by molar-refractivity contribution is -0.115. The zero-order valence-corrected chi connectivity index (χ0v) is 11.2. The molecule has 7 heteroatoms. The van der Waals surface area contributed by atoms with Gasteiger partial charge in [-0.3, -0.25) is 4.79 Å². The Bertz CT molecular complexity index is 465. The summed E-state index contributed by atoms with van der Waals surface area (Å²) in [5.41, 5.74) is 0.374. The Labute approximate surface area is 115 Å². The molecule has 0 fully saturated rings. The van der Waals surface area contributed by atoms with Crippen molar-refractivity contribution in [1.82, 2.24) is 5.32 Å². The minimum Gasteiger partial charge on any atom is -0.478 e. The summed E-state index contributed by atoms with van der Waals surface area (Å²) in [6, 6.07) is 4.15. The molecule has 1 aromatic carbocycles. The molecule has 1 amide bonds. The third kappa shape index (κ3) is 5.69. The van der Waals surface area contributed by atoms with Gasteiger partial charge in [0, 0.05) is 24.4 Å². The van der Waals surface area contributed by atoms with Crippen molar-refractivity contribution >= 4 is 29.2 Å². The van der Waals surface area contributed by atoms with E-state index in [9.17, 15) is 9.59 Å². The van der Waals surface area contributed by atoms with Gasteiger partial charge in [0.15, 0.2) is 0 Å². The number of ether oxygens (including phenoxy) is 1. The summed E-state index contributed by atoms with van der Waals surface area (Å²) >= 11 is 5.78. The highest BCUT2D eigenvalue weighted by Crippen LogP contribution is 2.19. The highest BCUT2D eigenvalue weighted by atomic mass is 35.5. The molecule has 104 valence electrons. The summed E-state index contributed by atoms with van der Waals surface area (Å²) in [5.74, 6) is -1.38. The van der Waals surface area contributed by atoms with Gasteiger partial charge in [-0.1, -0.05) is 11.6 Å². The zero-order valence-electron chi connectivity index (χ0n) is 10.4. The van der Waals surface area contributed by atoms with Crippen LogP contribution in [-0.2, 0) is 9.53 Å². The van der Waals surface area contributed by atoms with Crippen molar-refractivity contribution in [2.45, 2.75) is 0 Å². The summed E-state index contributed by atoms with van der Waals surface area (Å²) in [6.45, 7) is 1.17. The number of carboxylic acids is 1. The van der Waals surface area contributed by atoms with Crippen molar-refractivity contribution in [3.8, 4) is 0 Å². The Hall–Kier alpha value is -1.63. The first-order chi connectivity index (χ1) is 9.02. The molecular weight excluding hydrogens is 272 g/mol. The van der Waals surface area contributed by atoms with E-state index in [1.807, 2.05) is 0 Å². The van der Waals surface area contributed by atoms with Crippen LogP contribution in [0, 0.1) is 0 Å². The number of hydrogen-bond donors (Lipinski definition) is 3. The molecule has 3 N–H and O–H groups in total. The monoisotopic (exact) mass is 286 g/mol. The fourth-order valence-electron chi connectivity index (χ4n) is 1.37. The predicted octanol–water partition coefficient (Wildman–Crippen LogP) is 1.21. The number of halogens is 1. The smallest absolute Gasteiger partial charge is 0.335 e. The van der Waals surface area contributed by atoms with Crippen molar-refractivity contribution in [3.63, 3.8) is 0 Å². The quantitative estimate of drug-likeness (QED) is 0.656. The highest BCUT2D eigenvalue weighted by molar-refractivity contribution is 6.31. The van der Waals surface area contributed by atoms with Crippen LogP contribution in [0.4, 0.5) is 5.69 Å². The number of benzene rings is 1. The second-order valence-electron chi connectivity index (χ2n) is 3.75. The standard InChI is InChI=1S/C12H15ClN2O4/c1-19-3-2-14-7-11(16)15-10-5-8(12(17)18)4-9(13)6-10/h4-6,14H,2-3,7H2,1H3,(H,15,16)(H,17,18). The largest absolute Gasteiger partial charge is 0.478 e. The van der Waals surface area contributed by atoms with Crippen molar-refractivity contribution in [2.24, 2.45) is 0 Å². The van der Waals surface area contributed by atoms with E-state index in [0.29, 0.717) is 18.8 Å². The predicted molar refractivity (Wildman–Crippen MR) is 71.8 cm³/mol. The lowest BCUT2D eigenvalue weighted by Crippen LogP contribution is -2.30. The number of nitrogens with one attached hydrogen (secondary N) is 2. The van der Waals surface area contributed by atoms with Crippen molar-refractivity contribution in [1.29, 1.82) is 0 Å². The van der Waals surface area contributed by atoms with Crippen LogP contribution in [0.15, 0.2) is 18.2 Å². The highest BCUT2D eigenvalue weighted by Gasteiger charge is 2.08. The van der Waals surface area contributed by atoms with Crippen LogP contribution in [0.2, 0.25) is 5.02 Å². The minimum atomic E-state index is -1.10. The number of rotatable bonds is 7. The van der Waals surface area contributed by atoms with Crippen molar-refractivity contribution < 1.29 is 19.4 Å². The lowest BCUT2D eigenvalue weighted by atomic mass is 10.2. The van der Waals surface area contributed by atoms with Gasteiger partial charge in [0.2, 0.25) is 5.91 Å². The minimum absolute atomic E-state index is 0.0233. The first-order valence-electron chi connectivity index (χ1n) is 5.56. The molecule has 0 unspecified atom stereocenters. The molecule has 6 nitrogen and oxygen atoms in total. The van der Waals surface area contributed by atoms with Crippen LogP contribution in [0.25, 0.3) is 0 Å². The summed E-state index contributed by atoms with van der Waals surface area (Å²) in [4.78, 5) is 22.4. The first-order valence-corrected chi connectivity index (χ1v) is 5.94. The van der Waals surface area contributed by atoms with Crippen LogP contribution in [-0.4, -0.2) is 43.8 Å². The SMILES string of the molecule is COCCNCC(=O)Nc1cc(Cl)cc(C(=O)O)c1. The molecule has 0 saturated carbocycles. The third-order valence-corrected chi connectivity index (χ3v) is 2.42. The number of carbonyl (C=O) groups excluding carboxylic acids is 1. The molecule has 0 aromatic heterocycles. The molecular formula is C12H15ClN2O4. The lowest BCUT2D eigenvalue weighted by Gasteiger charge is -2.08. The first kappa shape index (κ1) is 15.4. The van der Waals surface area contributed by atoms with Crippen LogP contribution in [0.1, 0.15) is 10.4 Å². The van der Waals surface area contributed by atoms with Crippen LogP contribution in [0.5, 0.6) is 0 Å². The Morgan fingerprint density at radius 3 is 2.74 bits per heavy atom. The summed E-state index contributed by atoms with van der Waals surface area (Å²) < 4.78 is 4.82. The van der Waals surface area contributed by atoms with Gasteiger partial charge in [0.1, 0.15) is 0 Å². The molecule has 1 aromatic rings. The Morgan fingerprint density at radius 2 is 2.11 bits per heavy atom. The molecule has 1 rings (SSSR count). The van der Waals surface area contributed by atoms with Gasteiger partial charge in [0.05, 0.1) is 18.7 Å². The second-order valence-corrected chi connectivity index (χ2v) is 4.19. The van der Waals surface area contributed by atoms with Gasteiger partial charge in [-0.25, -0.2) is 4.79 Å². The Morgan fingerprint density at radius 1 is 1.37 bits per heavy atom. The number of anilines is 1. The molecule has 0 saturated heterocycles. The average molecular weight is 287 g/mol. The molecule has 19 heavy (non-hydrogen) atoms. The second kappa shape index (κ2) is 7.73. The van der Waals surface area contributed by atoms with E-state index < -0.39 is 5.97 Å². The van der Waals surface area contributed by atoms with Gasteiger partial charge in [-0.2, -0.15) is 0 Å². The molecule has 0 heterocycles. The molecule has 0 bridgehead atoms. The van der Waals surface area contributed by atoms with Gasteiger partial charge >= 0.3 is 5.97 Å². The van der Waals surface area contributed by atoms with Gasteiger partial charge < -0.3 is 20.5 Å². The van der Waals surface area contributed by atoms with Crippen LogP contribution in [0.3, 0.4) is 0 Å². The zero-order chi connectivity index (χ0) is 14.3. The van der Waals surface area contributed by atoms with E-state index in [0.717, 1.165) is 0 Å². The third-order valence-electron chi connectivity index (χ3n) is 2.20. The van der Waals surface area contributed by atoms with E-state index in [1.54, 1.807) is 7.11 Å². The summed E-state index contributed by atoms with van der Waals surface area (Å²) in [7, 11) is 1.57. The Kier molecular flexibility index (Phi) is 6.27. The topological polar surface area (TPSA) is 87.7 Å². The number of carboxylic acid groups (broad SMARTS) is 1. The maximum absolute atomic E-state index is 11.6. The fourth-order valence-corrected chi connectivity index (χ4v) is 1.60. The molecule has 0 aliphatic rings. The van der Waals surface area contributed by atoms with Crippen molar-refractivity contribution in [2.75, 3.05) is 32.1 Å². The average Bonchev–Trinajstić information content (AvgIpc) is 2.34. The van der Waals surface area contributed by atoms with E-state index in [1.165, 1.54) is 18.2 Å². The van der Waals surface area contributed by atoms with Gasteiger partial charge in [-0.05, 0) is 18.2 Å². The normalized spacial score (nSPS) is 10.2. The van der Waals surface area contributed by atoms with Gasteiger partial charge in [0.25, 0.3) is 0 Å².